The molecular formula is C24H22N4O2. The molecule has 4 rings (SSSR count). The molecule has 6 heteroatoms. The van der Waals surface area contributed by atoms with Gasteiger partial charge in [-0.2, -0.15) is 10.4 Å². The molecular weight excluding hydrogens is 376 g/mol. The number of pyridine rings is 1. The van der Waals surface area contributed by atoms with Gasteiger partial charge in [0.2, 0.25) is 0 Å². The number of fused-ring (bicyclic) bond motifs is 1. The second-order valence-electron chi connectivity index (χ2n) is 7.14. The van der Waals surface area contributed by atoms with Gasteiger partial charge < -0.3 is 9.47 Å². The topological polar surface area (TPSA) is 73.0 Å². The van der Waals surface area contributed by atoms with Crippen molar-refractivity contribution in [2.75, 3.05) is 14.2 Å². The summed E-state index contributed by atoms with van der Waals surface area (Å²) in [7, 11) is 5.14. The lowest BCUT2D eigenvalue weighted by Gasteiger charge is -2.18. The molecule has 1 atom stereocenters. The summed E-state index contributed by atoms with van der Waals surface area (Å²) >= 11 is 0. The van der Waals surface area contributed by atoms with Crippen LogP contribution in [0.3, 0.4) is 0 Å². The predicted molar refractivity (Wildman–Crippen MR) is 116 cm³/mol. The molecule has 150 valence electrons. The Kier molecular flexibility index (Phi) is 5.36. The van der Waals surface area contributed by atoms with E-state index in [0.29, 0.717) is 17.9 Å². The monoisotopic (exact) mass is 398 g/mol. The molecule has 0 radical (unpaired) electrons. The van der Waals surface area contributed by atoms with Gasteiger partial charge in [-0.15, -0.1) is 0 Å². The molecule has 0 fully saturated rings. The molecule has 0 aliphatic heterocycles. The molecule has 0 saturated carbocycles. The summed E-state index contributed by atoms with van der Waals surface area (Å²) in [6, 6.07) is 16.3. The molecule has 30 heavy (non-hydrogen) atoms. The third kappa shape index (κ3) is 3.83. The predicted octanol–water partition coefficient (Wildman–Crippen LogP) is 4.70. The van der Waals surface area contributed by atoms with Crippen LogP contribution in [-0.4, -0.2) is 29.0 Å². The number of nitriles is 1. The highest BCUT2D eigenvalue weighted by Crippen LogP contribution is 2.35. The van der Waals surface area contributed by atoms with E-state index in [1.54, 1.807) is 18.9 Å². The molecule has 2 aromatic heterocycles. The van der Waals surface area contributed by atoms with Gasteiger partial charge in [-0.3, -0.25) is 9.67 Å². The summed E-state index contributed by atoms with van der Waals surface area (Å²) in [6.07, 6.45) is 6.00. The smallest absolute Gasteiger partial charge is 0.122 e. The lowest BCUT2D eigenvalue weighted by molar-refractivity contribution is 0.393. The zero-order chi connectivity index (χ0) is 21.1. The fraction of sp³-hybridized carbons (Fsp3) is 0.208. The first-order valence-electron chi connectivity index (χ1n) is 9.60. The fourth-order valence-corrected chi connectivity index (χ4v) is 3.65. The Labute approximate surface area is 175 Å². The number of aryl methyl sites for hydroxylation is 1. The van der Waals surface area contributed by atoms with Crippen LogP contribution < -0.4 is 9.47 Å². The van der Waals surface area contributed by atoms with Crippen LogP contribution in [-0.2, 0) is 7.05 Å². The van der Waals surface area contributed by atoms with E-state index in [4.69, 9.17) is 9.47 Å². The fourth-order valence-electron chi connectivity index (χ4n) is 3.65. The number of hydrogen-bond donors (Lipinski definition) is 0. The minimum atomic E-state index is -0.106. The number of nitrogens with zero attached hydrogens (tertiary/aromatic N) is 4. The SMILES string of the molecule is COc1cc(OC)cc([C@H](CC#N)c2ccc3ncc(-c4cnn(C)c4)cc3c2)c1. The normalized spacial score (nSPS) is 11.8. The van der Waals surface area contributed by atoms with Crippen molar-refractivity contribution in [2.45, 2.75) is 12.3 Å². The number of rotatable bonds is 6. The van der Waals surface area contributed by atoms with Gasteiger partial charge in [-0.05, 0) is 41.5 Å². The highest BCUT2D eigenvalue weighted by atomic mass is 16.5. The average Bonchev–Trinajstić information content (AvgIpc) is 3.22. The van der Waals surface area contributed by atoms with Crippen LogP contribution in [0.5, 0.6) is 11.5 Å². The molecule has 4 aromatic rings. The average molecular weight is 398 g/mol. The maximum absolute atomic E-state index is 9.49. The number of benzene rings is 2. The number of aromatic nitrogens is 3. The van der Waals surface area contributed by atoms with E-state index in [9.17, 15) is 5.26 Å². The molecule has 0 aliphatic rings. The third-order valence-electron chi connectivity index (χ3n) is 5.22. The largest absolute Gasteiger partial charge is 0.497 e. The van der Waals surface area contributed by atoms with Crippen LogP contribution in [0.4, 0.5) is 0 Å². The summed E-state index contributed by atoms with van der Waals surface area (Å²) in [5, 5.41) is 14.8. The molecule has 0 spiro atoms. The lowest BCUT2D eigenvalue weighted by atomic mass is 9.88. The Morgan fingerprint density at radius 1 is 0.967 bits per heavy atom. The van der Waals surface area contributed by atoms with Crippen LogP contribution in [0.2, 0.25) is 0 Å². The van der Waals surface area contributed by atoms with Gasteiger partial charge in [0.25, 0.3) is 0 Å². The zero-order valence-electron chi connectivity index (χ0n) is 17.2. The summed E-state index contributed by atoms with van der Waals surface area (Å²) in [6.45, 7) is 0. The molecule has 2 aromatic carbocycles. The highest BCUT2D eigenvalue weighted by molar-refractivity contribution is 5.84. The van der Waals surface area contributed by atoms with Gasteiger partial charge in [0.1, 0.15) is 11.5 Å². The highest BCUT2D eigenvalue weighted by Gasteiger charge is 2.17. The van der Waals surface area contributed by atoms with Crippen LogP contribution in [0.15, 0.2) is 61.1 Å². The number of methoxy groups -OCH3 is 2. The van der Waals surface area contributed by atoms with Gasteiger partial charge in [-0.25, -0.2) is 0 Å². The van der Waals surface area contributed by atoms with Crippen molar-refractivity contribution in [3.8, 4) is 28.7 Å². The van der Waals surface area contributed by atoms with Crippen LogP contribution in [0, 0.1) is 11.3 Å². The van der Waals surface area contributed by atoms with Crippen molar-refractivity contribution >= 4 is 10.9 Å². The van der Waals surface area contributed by atoms with Crippen LogP contribution in [0.25, 0.3) is 22.0 Å². The third-order valence-corrected chi connectivity index (χ3v) is 5.22. The van der Waals surface area contributed by atoms with Gasteiger partial charge >= 0.3 is 0 Å². The Morgan fingerprint density at radius 3 is 2.37 bits per heavy atom. The molecule has 0 N–H and O–H groups in total. The van der Waals surface area contributed by atoms with Crippen molar-refractivity contribution in [3.63, 3.8) is 0 Å². The van der Waals surface area contributed by atoms with Crippen molar-refractivity contribution in [1.82, 2.24) is 14.8 Å². The standard InChI is InChI=1S/C24H22N4O2/c1-28-15-20(14-27-28)19-9-18-8-16(4-5-24(18)26-13-19)23(6-7-25)17-10-21(29-2)12-22(11-17)30-3/h4-5,8-15,23H,6H2,1-3H3/t23-/m1/s1. The van der Waals surface area contributed by atoms with Gasteiger partial charge in [0, 0.05) is 54.4 Å². The molecule has 2 heterocycles. The second kappa shape index (κ2) is 8.26. The minimum Gasteiger partial charge on any atom is -0.497 e. The molecule has 6 nitrogen and oxygen atoms in total. The summed E-state index contributed by atoms with van der Waals surface area (Å²) in [5.74, 6) is 1.30. The maximum atomic E-state index is 9.49. The molecule has 0 unspecified atom stereocenters. The van der Waals surface area contributed by atoms with E-state index in [2.05, 4.69) is 28.3 Å². The number of hydrogen-bond acceptors (Lipinski definition) is 5. The minimum absolute atomic E-state index is 0.106. The van der Waals surface area contributed by atoms with Gasteiger partial charge in [0.15, 0.2) is 0 Å². The van der Waals surface area contributed by atoms with Crippen molar-refractivity contribution in [1.29, 1.82) is 5.26 Å². The van der Waals surface area contributed by atoms with E-state index < -0.39 is 0 Å². The second-order valence-corrected chi connectivity index (χ2v) is 7.14. The van der Waals surface area contributed by atoms with E-state index in [0.717, 1.165) is 33.2 Å². The van der Waals surface area contributed by atoms with Crippen LogP contribution >= 0.6 is 0 Å². The molecule has 0 saturated heterocycles. The Bertz CT molecular complexity index is 1220. The van der Waals surface area contributed by atoms with E-state index in [1.807, 2.05) is 56.0 Å². The summed E-state index contributed by atoms with van der Waals surface area (Å²) < 4.78 is 12.6. The van der Waals surface area contributed by atoms with Gasteiger partial charge in [0.05, 0.1) is 32.0 Å². The zero-order valence-corrected chi connectivity index (χ0v) is 17.2. The first kappa shape index (κ1) is 19.5. The van der Waals surface area contributed by atoms with Gasteiger partial charge in [-0.1, -0.05) is 6.07 Å². The molecule has 0 bridgehead atoms. The summed E-state index contributed by atoms with van der Waals surface area (Å²) in [4.78, 5) is 4.60. The van der Waals surface area contributed by atoms with Crippen molar-refractivity contribution in [2.24, 2.45) is 7.05 Å². The van der Waals surface area contributed by atoms with Crippen molar-refractivity contribution < 1.29 is 9.47 Å². The van der Waals surface area contributed by atoms with Crippen LogP contribution in [0.1, 0.15) is 23.5 Å². The first-order chi connectivity index (χ1) is 14.6. The Hall–Kier alpha value is -3.85. The van der Waals surface area contributed by atoms with E-state index in [1.165, 1.54) is 0 Å². The quantitative estimate of drug-likeness (QED) is 0.471. The summed E-state index contributed by atoms with van der Waals surface area (Å²) in [5.41, 5.74) is 4.95. The van der Waals surface area contributed by atoms with E-state index in [-0.39, 0.29) is 5.92 Å². The first-order valence-corrected chi connectivity index (χ1v) is 9.60. The lowest BCUT2D eigenvalue weighted by Crippen LogP contribution is -2.02. The Balaban J connectivity index is 1.80. The Morgan fingerprint density at radius 2 is 1.73 bits per heavy atom. The molecule has 0 amide bonds. The molecule has 0 aliphatic carbocycles. The van der Waals surface area contributed by atoms with E-state index >= 15 is 0 Å². The van der Waals surface area contributed by atoms with Crippen molar-refractivity contribution in [3.05, 3.63) is 72.2 Å². The maximum Gasteiger partial charge on any atom is 0.122 e. The number of ether oxygens (including phenoxy) is 2.